The van der Waals surface area contributed by atoms with Crippen molar-refractivity contribution in [3.8, 4) is 17.6 Å². The van der Waals surface area contributed by atoms with Crippen LogP contribution in [0.1, 0.15) is 35.2 Å². The summed E-state index contributed by atoms with van der Waals surface area (Å²) < 4.78 is 19.8. The van der Waals surface area contributed by atoms with Crippen molar-refractivity contribution in [3.05, 3.63) is 58.4 Å². The molecule has 2 aromatic rings. The topological polar surface area (TPSA) is 59.0 Å². The minimum absolute atomic E-state index is 0.348. The Morgan fingerprint density at radius 3 is 2.38 bits per heavy atom. The largest absolute Gasteiger partial charge is 0.456 e. The van der Waals surface area contributed by atoms with Gasteiger partial charge in [-0.1, -0.05) is 6.07 Å². The van der Waals surface area contributed by atoms with E-state index in [1.165, 1.54) is 6.07 Å². The standard InChI is InChI=1S/C17H17FN2O/c1-10-7-13(9-19)8-11(2)17(10)21-15-6-4-5-14(18)16(15)12(3)20/h4-8,12H,20H2,1-3H3/t12-/m1/s1. The van der Waals surface area contributed by atoms with Gasteiger partial charge in [0.15, 0.2) is 0 Å². The van der Waals surface area contributed by atoms with E-state index in [0.717, 1.165) is 11.1 Å². The van der Waals surface area contributed by atoms with Gasteiger partial charge in [0.25, 0.3) is 0 Å². The molecule has 0 radical (unpaired) electrons. The number of hydrogen-bond acceptors (Lipinski definition) is 3. The smallest absolute Gasteiger partial charge is 0.135 e. The van der Waals surface area contributed by atoms with Crippen LogP contribution in [0.25, 0.3) is 0 Å². The number of nitriles is 1. The number of benzene rings is 2. The van der Waals surface area contributed by atoms with Crippen LogP contribution in [-0.2, 0) is 0 Å². The highest BCUT2D eigenvalue weighted by Gasteiger charge is 2.16. The number of ether oxygens (including phenoxy) is 1. The van der Waals surface area contributed by atoms with Gasteiger partial charge in [0, 0.05) is 11.6 Å². The minimum Gasteiger partial charge on any atom is -0.456 e. The number of rotatable bonds is 3. The Morgan fingerprint density at radius 2 is 1.86 bits per heavy atom. The van der Waals surface area contributed by atoms with Crippen LogP contribution in [0.3, 0.4) is 0 Å². The van der Waals surface area contributed by atoms with Gasteiger partial charge in [-0.3, -0.25) is 0 Å². The second-order valence-electron chi connectivity index (χ2n) is 5.09. The summed E-state index contributed by atoms with van der Waals surface area (Å²) >= 11 is 0. The van der Waals surface area contributed by atoms with Gasteiger partial charge in [-0.05, 0) is 56.2 Å². The van der Waals surface area contributed by atoms with Crippen LogP contribution in [-0.4, -0.2) is 0 Å². The first-order chi connectivity index (χ1) is 9.93. The third-order valence-corrected chi connectivity index (χ3v) is 3.27. The van der Waals surface area contributed by atoms with E-state index >= 15 is 0 Å². The van der Waals surface area contributed by atoms with Gasteiger partial charge in [0.1, 0.15) is 17.3 Å². The molecule has 3 nitrogen and oxygen atoms in total. The molecular weight excluding hydrogens is 267 g/mol. The van der Waals surface area contributed by atoms with Crippen molar-refractivity contribution >= 4 is 0 Å². The minimum atomic E-state index is -0.472. The van der Waals surface area contributed by atoms with E-state index in [4.69, 9.17) is 15.7 Å². The van der Waals surface area contributed by atoms with Crippen molar-refractivity contribution in [3.63, 3.8) is 0 Å². The highest BCUT2D eigenvalue weighted by Crippen LogP contribution is 2.34. The lowest BCUT2D eigenvalue weighted by molar-refractivity contribution is 0.454. The molecule has 0 amide bonds. The zero-order valence-electron chi connectivity index (χ0n) is 12.3. The second kappa shape index (κ2) is 5.94. The monoisotopic (exact) mass is 284 g/mol. The summed E-state index contributed by atoms with van der Waals surface area (Å²) in [5, 5.41) is 8.96. The van der Waals surface area contributed by atoms with E-state index in [0.29, 0.717) is 22.6 Å². The van der Waals surface area contributed by atoms with E-state index in [-0.39, 0.29) is 5.82 Å². The lowest BCUT2D eigenvalue weighted by atomic mass is 10.1. The van der Waals surface area contributed by atoms with Gasteiger partial charge in [-0.25, -0.2) is 4.39 Å². The molecule has 1 atom stereocenters. The molecule has 21 heavy (non-hydrogen) atoms. The maximum Gasteiger partial charge on any atom is 0.135 e. The number of halogens is 1. The summed E-state index contributed by atoms with van der Waals surface area (Å²) in [4.78, 5) is 0. The van der Waals surface area contributed by atoms with Crippen LogP contribution in [0.15, 0.2) is 30.3 Å². The fourth-order valence-corrected chi connectivity index (χ4v) is 2.33. The number of hydrogen-bond donors (Lipinski definition) is 1. The Balaban J connectivity index is 2.49. The van der Waals surface area contributed by atoms with Crippen molar-refractivity contribution in [2.24, 2.45) is 5.73 Å². The molecule has 4 heteroatoms. The normalized spacial score (nSPS) is 11.8. The van der Waals surface area contributed by atoms with Crippen molar-refractivity contribution in [2.75, 3.05) is 0 Å². The summed E-state index contributed by atoms with van der Waals surface area (Å²) in [5.74, 6) is 0.647. The first-order valence-electron chi connectivity index (χ1n) is 6.67. The van der Waals surface area contributed by atoms with Crippen molar-refractivity contribution < 1.29 is 9.13 Å². The van der Waals surface area contributed by atoms with Crippen LogP contribution in [0.2, 0.25) is 0 Å². The summed E-state index contributed by atoms with van der Waals surface area (Å²) in [6.07, 6.45) is 0. The Kier molecular flexibility index (Phi) is 4.25. The molecule has 2 N–H and O–H groups in total. The first kappa shape index (κ1) is 15.0. The van der Waals surface area contributed by atoms with Gasteiger partial charge in [0.2, 0.25) is 0 Å². The lowest BCUT2D eigenvalue weighted by Crippen LogP contribution is -2.09. The van der Waals surface area contributed by atoms with E-state index in [1.54, 1.807) is 31.2 Å². The molecule has 2 rings (SSSR count). The predicted octanol–water partition coefficient (Wildman–Crippen LogP) is 4.13. The molecule has 0 aliphatic carbocycles. The quantitative estimate of drug-likeness (QED) is 0.922. The molecule has 0 fully saturated rings. The molecule has 0 spiro atoms. The van der Waals surface area contributed by atoms with Crippen LogP contribution >= 0.6 is 0 Å². The number of aryl methyl sites for hydroxylation is 2. The average molecular weight is 284 g/mol. The Morgan fingerprint density at radius 1 is 1.24 bits per heavy atom. The molecule has 0 saturated carbocycles. The van der Waals surface area contributed by atoms with Crippen LogP contribution in [0.5, 0.6) is 11.5 Å². The van der Waals surface area contributed by atoms with Crippen LogP contribution in [0, 0.1) is 31.0 Å². The molecule has 0 saturated heterocycles. The molecule has 2 aromatic carbocycles. The van der Waals surface area contributed by atoms with Gasteiger partial charge in [-0.15, -0.1) is 0 Å². The van der Waals surface area contributed by atoms with E-state index in [1.807, 2.05) is 13.8 Å². The Labute approximate surface area is 123 Å². The van der Waals surface area contributed by atoms with Crippen molar-refractivity contribution in [2.45, 2.75) is 26.8 Å². The zero-order valence-corrected chi connectivity index (χ0v) is 12.3. The van der Waals surface area contributed by atoms with E-state index in [2.05, 4.69) is 6.07 Å². The fraction of sp³-hybridized carbons (Fsp3) is 0.235. The SMILES string of the molecule is Cc1cc(C#N)cc(C)c1Oc1cccc(F)c1[C@@H](C)N. The van der Waals surface area contributed by atoms with Gasteiger partial charge >= 0.3 is 0 Å². The molecule has 0 unspecified atom stereocenters. The third kappa shape index (κ3) is 3.04. The lowest BCUT2D eigenvalue weighted by Gasteiger charge is -2.17. The first-order valence-corrected chi connectivity index (χ1v) is 6.67. The highest BCUT2D eigenvalue weighted by atomic mass is 19.1. The predicted molar refractivity (Wildman–Crippen MR) is 79.7 cm³/mol. The summed E-state index contributed by atoms with van der Waals surface area (Å²) in [6, 6.07) is 9.76. The summed E-state index contributed by atoms with van der Waals surface area (Å²) in [7, 11) is 0. The van der Waals surface area contributed by atoms with Gasteiger partial charge in [0.05, 0.1) is 11.6 Å². The van der Waals surface area contributed by atoms with Crippen LogP contribution < -0.4 is 10.5 Å². The van der Waals surface area contributed by atoms with Gasteiger partial charge < -0.3 is 10.5 Å². The van der Waals surface area contributed by atoms with Crippen molar-refractivity contribution in [1.82, 2.24) is 0 Å². The zero-order chi connectivity index (χ0) is 15.6. The Bertz CT molecular complexity index is 694. The Hall–Kier alpha value is -2.38. The van der Waals surface area contributed by atoms with Gasteiger partial charge in [-0.2, -0.15) is 5.26 Å². The van der Waals surface area contributed by atoms with E-state index < -0.39 is 6.04 Å². The number of nitrogens with two attached hydrogens (primary N) is 1. The highest BCUT2D eigenvalue weighted by molar-refractivity contribution is 5.50. The molecule has 0 bridgehead atoms. The summed E-state index contributed by atoms with van der Waals surface area (Å²) in [6.45, 7) is 5.42. The third-order valence-electron chi connectivity index (χ3n) is 3.27. The maximum atomic E-state index is 13.9. The van der Waals surface area contributed by atoms with E-state index in [9.17, 15) is 4.39 Å². The van der Waals surface area contributed by atoms with Crippen LogP contribution in [0.4, 0.5) is 4.39 Å². The molecule has 0 aliphatic heterocycles. The molecular formula is C17H17FN2O. The summed E-state index contributed by atoms with van der Waals surface area (Å²) in [5.41, 5.74) is 8.40. The molecule has 0 heterocycles. The molecule has 0 aromatic heterocycles. The molecule has 0 aliphatic rings. The van der Waals surface area contributed by atoms with Crippen molar-refractivity contribution in [1.29, 1.82) is 5.26 Å². The number of nitrogens with zero attached hydrogens (tertiary/aromatic N) is 1. The second-order valence-corrected chi connectivity index (χ2v) is 5.09. The fourth-order valence-electron chi connectivity index (χ4n) is 2.33. The average Bonchev–Trinajstić information content (AvgIpc) is 2.42. The molecule has 108 valence electrons. The maximum absolute atomic E-state index is 13.9.